The van der Waals surface area contributed by atoms with Gasteiger partial charge >= 0.3 is 0 Å². The number of nitrogens with one attached hydrogen (secondary N) is 2. The van der Waals surface area contributed by atoms with Crippen LogP contribution in [0.3, 0.4) is 0 Å². The number of piperazine rings is 1. The van der Waals surface area contributed by atoms with Crippen molar-refractivity contribution in [1.82, 2.24) is 15.5 Å². The van der Waals surface area contributed by atoms with Crippen LogP contribution in [0.1, 0.15) is 27.7 Å². The van der Waals surface area contributed by atoms with E-state index in [1.165, 1.54) is 6.92 Å². The van der Waals surface area contributed by atoms with Gasteiger partial charge in [0.1, 0.15) is 6.04 Å². The number of nitrogens with zero attached hydrogens (tertiary/aromatic N) is 1. The summed E-state index contributed by atoms with van der Waals surface area (Å²) in [5, 5.41) is 5.96. The molecule has 0 saturated carbocycles. The molecule has 1 aliphatic rings. The van der Waals surface area contributed by atoms with E-state index in [0.717, 1.165) is 6.54 Å². The normalized spacial score (nSPS) is 21.4. The molecule has 0 aromatic carbocycles. The van der Waals surface area contributed by atoms with Crippen LogP contribution < -0.4 is 10.6 Å². The van der Waals surface area contributed by atoms with Crippen molar-refractivity contribution in [3.63, 3.8) is 0 Å². The Hall–Kier alpha value is -1.10. The molecule has 1 atom stereocenters. The highest BCUT2D eigenvalue weighted by molar-refractivity contribution is 5.86. The highest BCUT2D eigenvalue weighted by Gasteiger charge is 2.30. The summed E-state index contributed by atoms with van der Waals surface area (Å²) in [5.74, 6) is -0.181. The minimum absolute atomic E-state index is 0.00947. The Labute approximate surface area is 96.6 Å². The summed E-state index contributed by atoms with van der Waals surface area (Å²) in [5.41, 5.74) is -0.0517. The van der Waals surface area contributed by atoms with Gasteiger partial charge in [-0.05, 0) is 20.8 Å². The maximum absolute atomic E-state index is 12.0. The van der Waals surface area contributed by atoms with E-state index in [0.29, 0.717) is 13.1 Å². The van der Waals surface area contributed by atoms with Crippen molar-refractivity contribution >= 4 is 11.8 Å². The molecule has 0 aliphatic carbocycles. The van der Waals surface area contributed by atoms with Gasteiger partial charge in [0.25, 0.3) is 0 Å². The molecule has 1 saturated heterocycles. The SMILES string of the molecule is CC(=O)NC(C)C(=O)N1CCNC(C)(C)C1. The molecule has 1 heterocycles. The van der Waals surface area contributed by atoms with E-state index in [2.05, 4.69) is 24.5 Å². The van der Waals surface area contributed by atoms with Crippen LogP contribution in [-0.2, 0) is 9.59 Å². The molecule has 1 rings (SSSR count). The first kappa shape index (κ1) is 13.0. The fourth-order valence-corrected chi connectivity index (χ4v) is 1.97. The lowest BCUT2D eigenvalue weighted by molar-refractivity contribution is -0.137. The van der Waals surface area contributed by atoms with Gasteiger partial charge in [-0.1, -0.05) is 0 Å². The van der Waals surface area contributed by atoms with Crippen molar-refractivity contribution in [2.45, 2.75) is 39.3 Å². The number of hydrogen-bond donors (Lipinski definition) is 2. The zero-order chi connectivity index (χ0) is 12.3. The fraction of sp³-hybridized carbons (Fsp3) is 0.818. The van der Waals surface area contributed by atoms with Gasteiger partial charge in [-0.25, -0.2) is 0 Å². The molecule has 5 heteroatoms. The van der Waals surface area contributed by atoms with Crippen LogP contribution in [0.4, 0.5) is 0 Å². The Morgan fingerprint density at radius 2 is 2.06 bits per heavy atom. The molecule has 2 N–H and O–H groups in total. The lowest BCUT2D eigenvalue weighted by Crippen LogP contribution is -2.60. The smallest absolute Gasteiger partial charge is 0.244 e. The Kier molecular flexibility index (Phi) is 3.91. The molecule has 1 unspecified atom stereocenters. The molecule has 0 bridgehead atoms. The molecule has 1 fully saturated rings. The van der Waals surface area contributed by atoms with E-state index >= 15 is 0 Å². The maximum Gasteiger partial charge on any atom is 0.244 e. The van der Waals surface area contributed by atoms with Crippen LogP contribution in [0.25, 0.3) is 0 Å². The van der Waals surface area contributed by atoms with Gasteiger partial charge < -0.3 is 15.5 Å². The first-order valence-corrected chi connectivity index (χ1v) is 5.63. The van der Waals surface area contributed by atoms with Gasteiger partial charge in [-0.15, -0.1) is 0 Å². The minimum atomic E-state index is -0.439. The lowest BCUT2D eigenvalue weighted by Gasteiger charge is -2.40. The number of carbonyl (C=O) groups excluding carboxylic acids is 2. The van der Waals surface area contributed by atoms with E-state index < -0.39 is 6.04 Å². The summed E-state index contributed by atoms with van der Waals surface area (Å²) in [6.07, 6.45) is 0. The van der Waals surface area contributed by atoms with Crippen molar-refractivity contribution < 1.29 is 9.59 Å². The monoisotopic (exact) mass is 227 g/mol. The molecular weight excluding hydrogens is 206 g/mol. The van der Waals surface area contributed by atoms with E-state index in [9.17, 15) is 9.59 Å². The zero-order valence-corrected chi connectivity index (χ0v) is 10.5. The summed E-state index contributed by atoms with van der Waals surface area (Å²) in [6, 6.07) is -0.439. The molecule has 0 radical (unpaired) electrons. The largest absolute Gasteiger partial charge is 0.345 e. The van der Waals surface area contributed by atoms with Gasteiger partial charge in [0.2, 0.25) is 11.8 Å². The number of amides is 2. The molecule has 0 spiro atoms. The van der Waals surface area contributed by atoms with Gasteiger partial charge in [0.05, 0.1) is 0 Å². The van der Waals surface area contributed by atoms with E-state index in [1.54, 1.807) is 11.8 Å². The summed E-state index contributed by atoms with van der Waals surface area (Å²) in [6.45, 7) is 9.45. The lowest BCUT2D eigenvalue weighted by atomic mass is 10.0. The third-order valence-electron chi connectivity index (χ3n) is 2.67. The molecule has 0 aromatic heterocycles. The predicted molar refractivity (Wildman–Crippen MR) is 61.9 cm³/mol. The van der Waals surface area contributed by atoms with Crippen LogP contribution in [-0.4, -0.2) is 47.9 Å². The molecule has 2 amide bonds. The number of rotatable bonds is 2. The Morgan fingerprint density at radius 1 is 1.44 bits per heavy atom. The van der Waals surface area contributed by atoms with Gasteiger partial charge in [-0.2, -0.15) is 0 Å². The van der Waals surface area contributed by atoms with Crippen molar-refractivity contribution in [2.24, 2.45) is 0 Å². The first-order chi connectivity index (χ1) is 7.32. The van der Waals surface area contributed by atoms with Crippen molar-refractivity contribution in [2.75, 3.05) is 19.6 Å². The van der Waals surface area contributed by atoms with Crippen molar-refractivity contribution in [3.8, 4) is 0 Å². The Balaban J connectivity index is 2.56. The minimum Gasteiger partial charge on any atom is -0.345 e. The topological polar surface area (TPSA) is 61.4 Å². The van der Waals surface area contributed by atoms with Gasteiger partial charge in [-0.3, -0.25) is 9.59 Å². The molecule has 92 valence electrons. The second kappa shape index (κ2) is 4.82. The standard InChI is InChI=1S/C11H21N3O2/c1-8(13-9(2)15)10(16)14-6-5-12-11(3,4)7-14/h8,12H,5-7H2,1-4H3,(H,13,15). The van der Waals surface area contributed by atoms with Crippen LogP contribution in [0.15, 0.2) is 0 Å². The maximum atomic E-state index is 12.0. The number of carbonyl (C=O) groups is 2. The second-order valence-corrected chi connectivity index (χ2v) is 4.99. The van der Waals surface area contributed by atoms with Crippen molar-refractivity contribution in [3.05, 3.63) is 0 Å². The second-order valence-electron chi connectivity index (χ2n) is 4.99. The molecular formula is C11H21N3O2. The molecule has 5 nitrogen and oxygen atoms in total. The highest BCUT2D eigenvalue weighted by Crippen LogP contribution is 2.11. The predicted octanol–water partition coefficient (Wildman–Crippen LogP) is -0.279. The quantitative estimate of drug-likeness (QED) is 0.682. The molecule has 1 aliphatic heterocycles. The average Bonchev–Trinajstić information content (AvgIpc) is 2.13. The van der Waals surface area contributed by atoms with E-state index in [1.807, 2.05) is 0 Å². The summed E-state index contributed by atoms with van der Waals surface area (Å²) < 4.78 is 0. The molecule has 0 aromatic rings. The van der Waals surface area contributed by atoms with Gasteiger partial charge in [0.15, 0.2) is 0 Å². The zero-order valence-electron chi connectivity index (χ0n) is 10.5. The van der Waals surface area contributed by atoms with E-state index in [4.69, 9.17) is 0 Å². The summed E-state index contributed by atoms with van der Waals surface area (Å²) in [4.78, 5) is 24.7. The third-order valence-corrected chi connectivity index (χ3v) is 2.67. The van der Waals surface area contributed by atoms with Gasteiger partial charge in [0, 0.05) is 32.1 Å². The average molecular weight is 227 g/mol. The van der Waals surface area contributed by atoms with Crippen LogP contribution in [0.5, 0.6) is 0 Å². The Bertz CT molecular complexity index is 289. The first-order valence-electron chi connectivity index (χ1n) is 5.63. The summed E-state index contributed by atoms with van der Waals surface area (Å²) >= 11 is 0. The third kappa shape index (κ3) is 3.48. The van der Waals surface area contributed by atoms with Crippen LogP contribution >= 0.6 is 0 Å². The fourth-order valence-electron chi connectivity index (χ4n) is 1.97. The number of hydrogen-bond acceptors (Lipinski definition) is 3. The highest BCUT2D eigenvalue weighted by atomic mass is 16.2. The van der Waals surface area contributed by atoms with E-state index in [-0.39, 0.29) is 17.4 Å². The van der Waals surface area contributed by atoms with Crippen molar-refractivity contribution in [1.29, 1.82) is 0 Å². The summed E-state index contributed by atoms with van der Waals surface area (Å²) in [7, 11) is 0. The van der Waals surface area contributed by atoms with Crippen LogP contribution in [0.2, 0.25) is 0 Å². The Morgan fingerprint density at radius 3 is 2.56 bits per heavy atom. The van der Waals surface area contributed by atoms with Crippen LogP contribution in [0, 0.1) is 0 Å². The molecule has 16 heavy (non-hydrogen) atoms.